The predicted octanol–water partition coefficient (Wildman–Crippen LogP) is 4.30. The fourth-order valence-electron chi connectivity index (χ4n) is 3.59. The Morgan fingerprint density at radius 1 is 1.21 bits per heavy atom. The van der Waals surface area contributed by atoms with Crippen molar-refractivity contribution >= 4 is 44.2 Å². The van der Waals surface area contributed by atoms with Crippen LogP contribution in [0.3, 0.4) is 0 Å². The van der Waals surface area contributed by atoms with Crippen molar-refractivity contribution in [1.29, 1.82) is 0 Å². The number of hydrogen-bond acceptors (Lipinski definition) is 6. The number of benzene rings is 2. The summed E-state index contributed by atoms with van der Waals surface area (Å²) < 4.78 is 18.4. The quantitative estimate of drug-likeness (QED) is 0.617. The van der Waals surface area contributed by atoms with Gasteiger partial charge < -0.3 is 14.2 Å². The highest BCUT2D eigenvalue weighted by Crippen LogP contribution is 2.35. The number of nitrogens with zero attached hydrogens (tertiary/aromatic N) is 2. The maximum absolute atomic E-state index is 13.5. The molecule has 2 unspecified atom stereocenters. The molecule has 3 aromatic rings. The first-order valence-electron chi connectivity index (χ1n) is 9.55. The standard InChI is InChI=1S/C21H19ClN2O4S/c22-14-6-3-9-18-19(14)23-21(29-18)24(11-13-5-4-10-26-13)20(25)17-12-27-15-7-1-2-8-16(15)28-17/h1-3,6-9,13,17H,4-5,10-12H2. The van der Waals surface area contributed by atoms with E-state index in [1.807, 2.05) is 30.3 Å². The van der Waals surface area contributed by atoms with Gasteiger partial charge in [0.25, 0.3) is 5.91 Å². The lowest BCUT2D eigenvalue weighted by molar-refractivity contribution is -0.128. The van der Waals surface area contributed by atoms with Gasteiger partial charge in [0.1, 0.15) is 12.1 Å². The summed E-state index contributed by atoms with van der Waals surface area (Å²) in [4.78, 5) is 19.8. The molecule has 2 aliphatic rings. The molecule has 1 fully saturated rings. The first kappa shape index (κ1) is 18.7. The summed E-state index contributed by atoms with van der Waals surface area (Å²) in [7, 11) is 0. The van der Waals surface area contributed by atoms with Crippen LogP contribution >= 0.6 is 22.9 Å². The minimum absolute atomic E-state index is 0.0155. The molecule has 0 bridgehead atoms. The highest BCUT2D eigenvalue weighted by Gasteiger charge is 2.35. The summed E-state index contributed by atoms with van der Waals surface area (Å²) >= 11 is 7.74. The van der Waals surface area contributed by atoms with Gasteiger partial charge >= 0.3 is 0 Å². The number of fused-ring (bicyclic) bond motifs is 2. The number of thiazole rings is 1. The number of rotatable bonds is 4. The van der Waals surface area contributed by atoms with Crippen LogP contribution in [0, 0.1) is 0 Å². The van der Waals surface area contributed by atoms with Crippen molar-refractivity contribution in [3.05, 3.63) is 47.5 Å². The van der Waals surface area contributed by atoms with Gasteiger partial charge in [0.05, 0.1) is 22.4 Å². The van der Waals surface area contributed by atoms with Gasteiger partial charge in [-0.2, -0.15) is 0 Å². The minimum Gasteiger partial charge on any atom is -0.485 e. The molecule has 0 spiro atoms. The predicted molar refractivity (Wildman–Crippen MR) is 112 cm³/mol. The SMILES string of the molecule is O=C(C1COc2ccccc2O1)N(CC1CCCO1)c1nc2c(Cl)cccc2s1. The van der Waals surface area contributed by atoms with E-state index in [2.05, 4.69) is 4.98 Å². The molecule has 6 nitrogen and oxygen atoms in total. The van der Waals surface area contributed by atoms with Crippen LogP contribution in [-0.4, -0.2) is 42.9 Å². The molecule has 2 atom stereocenters. The maximum atomic E-state index is 13.5. The molecule has 1 amide bonds. The monoisotopic (exact) mass is 430 g/mol. The number of hydrogen-bond donors (Lipinski definition) is 0. The zero-order valence-electron chi connectivity index (χ0n) is 15.5. The second-order valence-corrected chi connectivity index (χ2v) is 8.45. The third-order valence-corrected chi connectivity index (χ3v) is 6.40. The van der Waals surface area contributed by atoms with E-state index in [0.717, 1.165) is 24.1 Å². The molecule has 0 radical (unpaired) electrons. The maximum Gasteiger partial charge on any atom is 0.273 e. The summed E-state index contributed by atoms with van der Waals surface area (Å²) in [5.41, 5.74) is 0.700. The molecule has 1 aromatic heterocycles. The number of anilines is 1. The molecule has 2 aromatic carbocycles. The molecular formula is C21H19ClN2O4S. The number of aromatic nitrogens is 1. The van der Waals surface area contributed by atoms with E-state index in [1.54, 1.807) is 17.0 Å². The van der Waals surface area contributed by atoms with Crippen LogP contribution in [0.4, 0.5) is 5.13 Å². The van der Waals surface area contributed by atoms with E-state index in [9.17, 15) is 4.79 Å². The van der Waals surface area contributed by atoms with Crippen LogP contribution in [0.15, 0.2) is 42.5 Å². The normalized spacial score (nSPS) is 20.7. The fraction of sp³-hybridized carbons (Fsp3) is 0.333. The van der Waals surface area contributed by atoms with E-state index in [-0.39, 0.29) is 18.6 Å². The number of carbonyl (C=O) groups is 1. The Morgan fingerprint density at radius 3 is 2.86 bits per heavy atom. The highest BCUT2D eigenvalue weighted by molar-refractivity contribution is 7.22. The van der Waals surface area contributed by atoms with Gasteiger partial charge in [0.2, 0.25) is 6.10 Å². The minimum atomic E-state index is -0.742. The Balaban J connectivity index is 1.46. The van der Waals surface area contributed by atoms with E-state index < -0.39 is 6.10 Å². The zero-order chi connectivity index (χ0) is 19.8. The fourth-order valence-corrected chi connectivity index (χ4v) is 4.87. The molecule has 0 N–H and O–H groups in total. The third-order valence-electron chi connectivity index (χ3n) is 5.05. The van der Waals surface area contributed by atoms with Gasteiger partial charge in [-0.1, -0.05) is 41.1 Å². The Labute approximate surface area is 177 Å². The summed E-state index contributed by atoms with van der Waals surface area (Å²) in [6.45, 7) is 1.30. The lowest BCUT2D eigenvalue weighted by Crippen LogP contribution is -2.48. The van der Waals surface area contributed by atoms with Crippen LogP contribution in [-0.2, 0) is 9.53 Å². The first-order valence-corrected chi connectivity index (χ1v) is 10.7. The van der Waals surface area contributed by atoms with Gasteiger partial charge in [-0.3, -0.25) is 9.69 Å². The average Bonchev–Trinajstić information content (AvgIpc) is 3.41. The zero-order valence-corrected chi connectivity index (χ0v) is 17.1. The lowest BCUT2D eigenvalue weighted by atomic mass is 10.2. The summed E-state index contributed by atoms with van der Waals surface area (Å²) in [6, 6.07) is 13.0. The Morgan fingerprint density at radius 2 is 2.07 bits per heavy atom. The summed E-state index contributed by atoms with van der Waals surface area (Å²) in [6.07, 6.45) is 1.15. The lowest BCUT2D eigenvalue weighted by Gasteiger charge is -2.30. The molecule has 150 valence electrons. The van der Waals surface area contributed by atoms with Gasteiger partial charge in [-0.25, -0.2) is 4.98 Å². The van der Waals surface area contributed by atoms with E-state index in [1.165, 1.54) is 11.3 Å². The van der Waals surface area contributed by atoms with Crippen molar-refractivity contribution in [2.45, 2.75) is 25.0 Å². The van der Waals surface area contributed by atoms with Crippen LogP contribution in [0.1, 0.15) is 12.8 Å². The molecule has 2 aliphatic heterocycles. The Bertz CT molecular complexity index is 1050. The smallest absolute Gasteiger partial charge is 0.273 e. The number of ether oxygens (including phenoxy) is 3. The van der Waals surface area contributed by atoms with Crippen molar-refractivity contribution in [3.63, 3.8) is 0 Å². The van der Waals surface area contributed by atoms with Gasteiger partial charge in [0.15, 0.2) is 16.6 Å². The van der Waals surface area contributed by atoms with Crippen LogP contribution < -0.4 is 14.4 Å². The van der Waals surface area contributed by atoms with Crippen molar-refractivity contribution in [2.24, 2.45) is 0 Å². The van der Waals surface area contributed by atoms with Gasteiger partial charge in [0, 0.05) is 6.61 Å². The second kappa shape index (κ2) is 7.82. The molecule has 1 saturated heterocycles. The van der Waals surface area contributed by atoms with Crippen molar-refractivity contribution in [3.8, 4) is 11.5 Å². The van der Waals surface area contributed by atoms with E-state index in [4.69, 9.17) is 25.8 Å². The first-order chi connectivity index (χ1) is 14.2. The largest absolute Gasteiger partial charge is 0.485 e. The summed E-state index contributed by atoms with van der Waals surface area (Å²) in [5.74, 6) is 1.03. The van der Waals surface area contributed by atoms with Crippen LogP contribution in [0.2, 0.25) is 5.02 Å². The van der Waals surface area contributed by atoms with Crippen molar-refractivity contribution in [2.75, 3.05) is 24.7 Å². The van der Waals surface area contributed by atoms with E-state index >= 15 is 0 Å². The molecule has 0 saturated carbocycles. The van der Waals surface area contributed by atoms with Gasteiger partial charge in [-0.15, -0.1) is 0 Å². The Kier molecular flexibility index (Phi) is 5.03. The number of para-hydroxylation sites is 3. The van der Waals surface area contributed by atoms with E-state index in [0.29, 0.717) is 33.7 Å². The highest BCUT2D eigenvalue weighted by atomic mass is 35.5. The number of halogens is 1. The van der Waals surface area contributed by atoms with Crippen molar-refractivity contribution in [1.82, 2.24) is 4.98 Å². The van der Waals surface area contributed by atoms with Gasteiger partial charge in [-0.05, 0) is 37.1 Å². The molecule has 3 heterocycles. The van der Waals surface area contributed by atoms with Crippen LogP contribution in [0.25, 0.3) is 10.2 Å². The summed E-state index contributed by atoms with van der Waals surface area (Å²) in [5, 5.41) is 1.16. The molecule has 29 heavy (non-hydrogen) atoms. The topological polar surface area (TPSA) is 60.9 Å². The second-order valence-electron chi connectivity index (χ2n) is 7.03. The average molecular weight is 431 g/mol. The molecule has 8 heteroatoms. The molecular weight excluding hydrogens is 412 g/mol. The molecule has 5 rings (SSSR count). The van der Waals surface area contributed by atoms with Crippen molar-refractivity contribution < 1.29 is 19.0 Å². The number of carbonyl (C=O) groups excluding carboxylic acids is 1. The Hall–Kier alpha value is -2.35. The third kappa shape index (κ3) is 3.66. The van der Waals surface area contributed by atoms with Crippen LogP contribution in [0.5, 0.6) is 11.5 Å². The molecule has 0 aliphatic carbocycles. The number of amides is 1.